The van der Waals surface area contributed by atoms with Crippen LogP contribution in [0.5, 0.6) is 11.5 Å². The summed E-state index contributed by atoms with van der Waals surface area (Å²) >= 11 is 0. The summed E-state index contributed by atoms with van der Waals surface area (Å²) in [7, 11) is 0. The lowest BCUT2D eigenvalue weighted by Crippen LogP contribution is -2.13. The molecule has 0 saturated heterocycles. The zero-order valence-electron chi connectivity index (χ0n) is 18.7. The summed E-state index contributed by atoms with van der Waals surface area (Å²) in [6.07, 6.45) is 9.34. The van der Waals surface area contributed by atoms with E-state index in [4.69, 9.17) is 10.5 Å². The van der Waals surface area contributed by atoms with Gasteiger partial charge in [0.1, 0.15) is 11.5 Å². The van der Waals surface area contributed by atoms with Crippen molar-refractivity contribution in [3.05, 3.63) is 108 Å². The van der Waals surface area contributed by atoms with Gasteiger partial charge in [-0.05, 0) is 73.8 Å². The van der Waals surface area contributed by atoms with Crippen LogP contribution >= 0.6 is 0 Å². The zero-order chi connectivity index (χ0) is 25.2. The van der Waals surface area contributed by atoms with E-state index in [2.05, 4.69) is 10.3 Å². The topological polar surface area (TPSA) is 97.5 Å². The van der Waals surface area contributed by atoms with E-state index in [9.17, 15) is 18.4 Å². The van der Waals surface area contributed by atoms with E-state index in [1.165, 1.54) is 71.9 Å². The molecule has 7 nitrogen and oxygen atoms in total. The van der Waals surface area contributed by atoms with Gasteiger partial charge in [-0.3, -0.25) is 19.5 Å². The molecule has 3 N–H and O–H groups in total. The normalized spacial score (nSPS) is 11.6. The van der Waals surface area contributed by atoms with Crippen molar-refractivity contribution in [1.82, 2.24) is 4.98 Å². The number of amides is 2. The number of ether oxygens (including phenoxy) is 1. The van der Waals surface area contributed by atoms with Crippen LogP contribution < -0.4 is 20.7 Å². The van der Waals surface area contributed by atoms with Gasteiger partial charge in [-0.25, -0.2) is 8.78 Å². The highest BCUT2D eigenvalue weighted by atomic mass is 19.1. The average molecular weight is 476 g/mol. The number of rotatable bonds is 9. The Morgan fingerprint density at radius 3 is 2.57 bits per heavy atom. The van der Waals surface area contributed by atoms with E-state index in [0.29, 0.717) is 29.1 Å². The van der Waals surface area contributed by atoms with Gasteiger partial charge < -0.3 is 15.8 Å². The Morgan fingerprint density at radius 1 is 1.11 bits per heavy atom. The molecule has 0 bridgehead atoms. The summed E-state index contributed by atoms with van der Waals surface area (Å²) in [5.74, 6) is -1.30. The standard InChI is InChI=1S/C26H22F2N4O3/c1-18(4-3-15-32(17-33)21-9-6-19(27)7-10-21)26(34)31-20-8-11-24(22(28)16-20)35-25-5-2-14-30-23(25)12-13-29/h2-17H,29H2,1H3,(H,31,34)/b13-12?,15-3-,18-4+. The smallest absolute Gasteiger partial charge is 0.251 e. The van der Waals surface area contributed by atoms with E-state index < -0.39 is 17.5 Å². The Balaban J connectivity index is 1.65. The molecule has 2 amide bonds. The van der Waals surface area contributed by atoms with E-state index in [-0.39, 0.29) is 11.4 Å². The van der Waals surface area contributed by atoms with Crippen LogP contribution in [-0.4, -0.2) is 17.3 Å². The Bertz CT molecular complexity index is 1290. The van der Waals surface area contributed by atoms with Gasteiger partial charge in [0.25, 0.3) is 5.91 Å². The fourth-order valence-electron chi connectivity index (χ4n) is 2.87. The van der Waals surface area contributed by atoms with Crippen LogP contribution in [-0.2, 0) is 9.59 Å². The number of hydrogen-bond donors (Lipinski definition) is 2. The average Bonchev–Trinajstić information content (AvgIpc) is 2.85. The van der Waals surface area contributed by atoms with Crippen molar-refractivity contribution in [1.29, 1.82) is 0 Å². The third kappa shape index (κ3) is 6.84. The van der Waals surface area contributed by atoms with Gasteiger partial charge >= 0.3 is 0 Å². The predicted octanol–water partition coefficient (Wildman–Crippen LogP) is 5.14. The molecule has 0 spiro atoms. The predicted molar refractivity (Wildman–Crippen MR) is 130 cm³/mol. The highest BCUT2D eigenvalue weighted by Gasteiger charge is 2.11. The number of allylic oxidation sites excluding steroid dienone is 2. The van der Waals surface area contributed by atoms with Crippen LogP contribution in [0.4, 0.5) is 20.2 Å². The first-order valence-electron chi connectivity index (χ1n) is 10.4. The lowest BCUT2D eigenvalue weighted by atomic mass is 10.2. The molecule has 2 aromatic carbocycles. The monoisotopic (exact) mass is 476 g/mol. The molecule has 3 aromatic rings. The molecule has 0 unspecified atom stereocenters. The largest absolute Gasteiger partial charge is 0.452 e. The van der Waals surface area contributed by atoms with Gasteiger partial charge in [-0.15, -0.1) is 0 Å². The lowest BCUT2D eigenvalue weighted by Gasteiger charge is -2.12. The number of carbonyl (C=O) groups excluding carboxylic acids is 2. The summed E-state index contributed by atoms with van der Waals surface area (Å²) < 4.78 is 33.2. The van der Waals surface area contributed by atoms with Crippen LogP contribution in [0.1, 0.15) is 12.6 Å². The van der Waals surface area contributed by atoms with Gasteiger partial charge in [0.2, 0.25) is 6.41 Å². The highest BCUT2D eigenvalue weighted by molar-refractivity contribution is 6.03. The number of halogens is 2. The molecule has 178 valence electrons. The first-order chi connectivity index (χ1) is 16.9. The van der Waals surface area contributed by atoms with Gasteiger partial charge in [0.05, 0.1) is 0 Å². The molecule has 0 aliphatic rings. The van der Waals surface area contributed by atoms with Crippen molar-refractivity contribution in [2.75, 3.05) is 10.2 Å². The molecule has 9 heteroatoms. The van der Waals surface area contributed by atoms with Crippen LogP contribution in [0.15, 0.2) is 90.9 Å². The lowest BCUT2D eigenvalue weighted by molar-refractivity contribution is -0.112. The van der Waals surface area contributed by atoms with Crippen molar-refractivity contribution < 1.29 is 23.1 Å². The molecular formula is C26H22F2N4O3. The number of nitrogens with two attached hydrogens (primary N) is 1. The Kier molecular flexibility index (Phi) is 8.44. The van der Waals surface area contributed by atoms with Crippen LogP contribution in [0.2, 0.25) is 0 Å². The van der Waals surface area contributed by atoms with Crippen molar-refractivity contribution in [3.8, 4) is 11.5 Å². The fraction of sp³-hybridized carbons (Fsp3) is 0.0385. The molecule has 35 heavy (non-hydrogen) atoms. The Morgan fingerprint density at radius 2 is 1.89 bits per heavy atom. The Hall–Kier alpha value is -4.79. The van der Waals surface area contributed by atoms with E-state index in [1.54, 1.807) is 25.3 Å². The molecule has 1 aromatic heterocycles. The highest BCUT2D eigenvalue weighted by Crippen LogP contribution is 2.29. The van der Waals surface area contributed by atoms with Crippen molar-refractivity contribution in [2.24, 2.45) is 5.73 Å². The summed E-state index contributed by atoms with van der Waals surface area (Å²) in [4.78, 5) is 29.1. The first-order valence-corrected chi connectivity index (χ1v) is 10.4. The summed E-state index contributed by atoms with van der Waals surface area (Å²) in [6.45, 7) is 1.56. The van der Waals surface area contributed by atoms with Crippen molar-refractivity contribution >= 4 is 29.8 Å². The van der Waals surface area contributed by atoms with Gasteiger partial charge in [0, 0.05) is 35.4 Å². The molecule has 0 aliphatic heterocycles. The minimum Gasteiger partial charge on any atom is -0.452 e. The van der Waals surface area contributed by atoms with Crippen LogP contribution in [0.3, 0.4) is 0 Å². The van der Waals surface area contributed by atoms with Crippen LogP contribution in [0.25, 0.3) is 6.08 Å². The number of anilines is 2. The number of pyridine rings is 1. The summed E-state index contributed by atoms with van der Waals surface area (Å²) in [6, 6.07) is 12.6. The van der Waals surface area contributed by atoms with Crippen LogP contribution in [0, 0.1) is 11.6 Å². The number of carbonyl (C=O) groups is 2. The fourth-order valence-corrected chi connectivity index (χ4v) is 2.87. The van der Waals surface area contributed by atoms with Gasteiger partial charge in [-0.1, -0.05) is 6.08 Å². The second-order valence-electron chi connectivity index (χ2n) is 7.13. The second-order valence-corrected chi connectivity index (χ2v) is 7.13. The van der Waals surface area contributed by atoms with E-state index >= 15 is 0 Å². The second kappa shape index (κ2) is 11.9. The molecule has 0 aliphatic carbocycles. The third-order valence-corrected chi connectivity index (χ3v) is 4.65. The number of hydrogen-bond acceptors (Lipinski definition) is 5. The number of benzene rings is 2. The minimum atomic E-state index is -0.684. The number of nitrogens with one attached hydrogen (secondary N) is 1. The van der Waals surface area contributed by atoms with Gasteiger partial charge in [0.15, 0.2) is 17.3 Å². The molecule has 0 radical (unpaired) electrons. The molecule has 0 saturated carbocycles. The molecule has 0 fully saturated rings. The molecule has 3 rings (SSSR count). The van der Waals surface area contributed by atoms with E-state index in [0.717, 1.165) is 6.07 Å². The SMILES string of the molecule is C/C(=C\C=C/N(C=O)c1ccc(F)cc1)C(=O)Nc1ccc(Oc2cccnc2C=CN)c(F)c1. The minimum absolute atomic E-state index is 0.0485. The van der Waals surface area contributed by atoms with E-state index in [1.807, 2.05) is 0 Å². The molecular weight excluding hydrogens is 454 g/mol. The third-order valence-electron chi connectivity index (χ3n) is 4.65. The quantitative estimate of drug-likeness (QED) is 0.253. The molecule has 0 atom stereocenters. The number of aromatic nitrogens is 1. The summed E-state index contributed by atoms with van der Waals surface area (Å²) in [5, 5.41) is 2.59. The summed E-state index contributed by atoms with van der Waals surface area (Å²) in [5.41, 5.74) is 6.83. The number of nitrogens with zero attached hydrogens (tertiary/aromatic N) is 2. The maximum atomic E-state index is 14.6. The molecule has 1 heterocycles. The maximum Gasteiger partial charge on any atom is 0.251 e. The van der Waals surface area contributed by atoms with Crippen molar-refractivity contribution in [3.63, 3.8) is 0 Å². The zero-order valence-corrected chi connectivity index (χ0v) is 18.7. The first kappa shape index (κ1) is 24.8. The van der Waals surface area contributed by atoms with Gasteiger partial charge in [-0.2, -0.15) is 0 Å². The maximum absolute atomic E-state index is 14.6. The Labute approximate surface area is 200 Å². The van der Waals surface area contributed by atoms with Crippen molar-refractivity contribution in [2.45, 2.75) is 6.92 Å².